The van der Waals surface area contributed by atoms with Crippen LogP contribution in [-0.2, 0) is 35.3 Å². The van der Waals surface area contributed by atoms with Crippen LogP contribution in [0.25, 0.3) is 0 Å². The highest BCUT2D eigenvalue weighted by molar-refractivity contribution is 5.94. The third-order valence-electron chi connectivity index (χ3n) is 6.26. The summed E-state index contributed by atoms with van der Waals surface area (Å²) in [7, 11) is 1.46. The van der Waals surface area contributed by atoms with Crippen LogP contribution in [0.2, 0.25) is 0 Å². The number of hydrogen-bond donors (Lipinski definition) is 1. The number of nitrogens with one attached hydrogen (secondary N) is 1. The normalized spacial score (nSPS) is 20.0. The fraction of sp³-hybridized carbons (Fsp3) is 0.478. The molecule has 1 aromatic carbocycles. The molecule has 0 saturated heterocycles. The quantitative estimate of drug-likeness (QED) is 0.631. The van der Waals surface area contributed by atoms with E-state index >= 15 is 0 Å². The topological polar surface area (TPSA) is 96.8 Å². The molecule has 0 spiro atoms. The first-order valence-electron chi connectivity index (χ1n) is 11.3. The maximum atomic E-state index is 13.6. The summed E-state index contributed by atoms with van der Waals surface area (Å²) >= 11 is 0. The highest BCUT2D eigenvalue weighted by Gasteiger charge is 2.38. The van der Waals surface area contributed by atoms with E-state index < -0.39 is 35.6 Å². The number of hydroxylamine groups is 2. The van der Waals surface area contributed by atoms with Crippen molar-refractivity contribution in [3.8, 4) is 0 Å². The van der Waals surface area contributed by atoms with Gasteiger partial charge < -0.3 is 15.0 Å². The van der Waals surface area contributed by atoms with E-state index in [0.717, 1.165) is 11.1 Å². The zero-order chi connectivity index (χ0) is 26.4. The molecule has 2 aliphatic heterocycles. The summed E-state index contributed by atoms with van der Waals surface area (Å²) in [6.45, 7) is 3.46. The number of anilines is 1. The van der Waals surface area contributed by atoms with E-state index in [1.54, 1.807) is 6.92 Å². The third-order valence-corrected chi connectivity index (χ3v) is 6.26. The van der Waals surface area contributed by atoms with Gasteiger partial charge in [0.15, 0.2) is 0 Å². The molecular formula is C23H25F4N5O4. The van der Waals surface area contributed by atoms with Crippen molar-refractivity contribution in [3.63, 3.8) is 0 Å². The summed E-state index contributed by atoms with van der Waals surface area (Å²) in [6, 6.07) is 1.15. The van der Waals surface area contributed by atoms with Gasteiger partial charge in [-0.05, 0) is 38.5 Å². The fourth-order valence-corrected chi connectivity index (χ4v) is 4.41. The van der Waals surface area contributed by atoms with Crippen LogP contribution < -0.4 is 5.32 Å². The summed E-state index contributed by atoms with van der Waals surface area (Å²) in [5.41, 5.74) is -0.284. The van der Waals surface area contributed by atoms with Gasteiger partial charge in [0.1, 0.15) is 23.4 Å². The van der Waals surface area contributed by atoms with E-state index in [4.69, 9.17) is 4.84 Å². The largest absolute Gasteiger partial charge is 0.419 e. The minimum atomic E-state index is -4.91. The lowest BCUT2D eigenvalue weighted by molar-refractivity contribution is -0.151. The number of alkyl halides is 3. The molecule has 0 aliphatic carbocycles. The van der Waals surface area contributed by atoms with Gasteiger partial charge in [0.05, 0.1) is 24.3 Å². The van der Waals surface area contributed by atoms with Gasteiger partial charge in [-0.15, -0.1) is 0 Å². The number of nitrogens with zero attached hydrogens (tertiary/aromatic N) is 4. The lowest BCUT2D eigenvalue weighted by atomic mass is 9.99. The number of carbonyl (C=O) groups excluding carboxylic acids is 3. The lowest BCUT2D eigenvalue weighted by Crippen LogP contribution is -2.45. The van der Waals surface area contributed by atoms with Crippen molar-refractivity contribution >= 4 is 23.4 Å². The SMILES string of the molecule is CC(=O)CC[C@H]1Cn2nc3c(c2C(=O)N(C)O1)CN(C(=O)Nc1ccc(F)c(C(F)(F)F)c1)[C@H](C)C3. The van der Waals surface area contributed by atoms with Crippen molar-refractivity contribution in [2.75, 3.05) is 12.4 Å². The molecule has 2 aromatic rings. The van der Waals surface area contributed by atoms with Gasteiger partial charge in [-0.25, -0.2) is 14.2 Å². The number of fused-ring (bicyclic) bond motifs is 3. The van der Waals surface area contributed by atoms with Crippen molar-refractivity contribution in [1.82, 2.24) is 19.7 Å². The minimum absolute atomic E-state index is 0.00389. The molecule has 0 radical (unpaired) electrons. The smallest absolute Gasteiger partial charge is 0.317 e. The molecule has 3 amide bonds. The van der Waals surface area contributed by atoms with Gasteiger partial charge in [0, 0.05) is 37.2 Å². The Morgan fingerprint density at radius 1 is 1.28 bits per heavy atom. The summed E-state index contributed by atoms with van der Waals surface area (Å²) in [5.74, 6) is -1.90. The van der Waals surface area contributed by atoms with Crippen LogP contribution in [-0.4, -0.2) is 56.7 Å². The van der Waals surface area contributed by atoms with E-state index in [1.165, 1.54) is 23.6 Å². The summed E-state index contributed by atoms with van der Waals surface area (Å²) in [5, 5.41) is 8.05. The Hall–Kier alpha value is -3.48. The number of aromatic nitrogens is 2. The first-order valence-corrected chi connectivity index (χ1v) is 11.3. The number of Topliss-reactive ketones (excluding diaryl/α,β-unsaturated/α-hetero) is 1. The Morgan fingerprint density at radius 2 is 2.00 bits per heavy atom. The Morgan fingerprint density at radius 3 is 2.67 bits per heavy atom. The molecule has 2 atom stereocenters. The number of carbonyl (C=O) groups is 3. The van der Waals surface area contributed by atoms with Crippen molar-refractivity contribution in [3.05, 3.63) is 46.5 Å². The van der Waals surface area contributed by atoms with E-state index in [-0.39, 0.29) is 42.7 Å². The van der Waals surface area contributed by atoms with Gasteiger partial charge in [0.25, 0.3) is 5.91 Å². The predicted molar refractivity (Wildman–Crippen MR) is 118 cm³/mol. The average Bonchev–Trinajstić information content (AvgIpc) is 3.07. The van der Waals surface area contributed by atoms with Crippen molar-refractivity contribution in [2.24, 2.45) is 0 Å². The monoisotopic (exact) mass is 511 g/mol. The van der Waals surface area contributed by atoms with Gasteiger partial charge in [-0.1, -0.05) is 0 Å². The molecule has 1 N–H and O–H groups in total. The molecule has 9 nitrogen and oxygen atoms in total. The van der Waals surface area contributed by atoms with Crippen molar-refractivity contribution in [1.29, 1.82) is 0 Å². The first kappa shape index (κ1) is 25.6. The number of rotatable bonds is 4. The summed E-state index contributed by atoms with van der Waals surface area (Å²) < 4.78 is 54.3. The van der Waals surface area contributed by atoms with Crippen molar-refractivity contribution in [2.45, 2.75) is 64.5 Å². The number of hydrogen-bond acceptors (Lipinski definition) is 5. The van der Waals surface area contributed by atoms with Crippen LogP contribution in [0, 0.1) is 5.82 Å². The highest BCUT2D eigenvalue weighted by Crippen LogP contribution is 2.34. The van der Waals surface area contributed by atoms with Crippen LogP contribution >= 0.6 is 0 Å². The van der Waals surface area contributed by atoms with E-state index in [0.29, 0.717) is 36.2 Å². The summed E-state index contributed by atoms with van der Waals surface area (Å²) in [4.78, 5) is 44.5. The second kappa shape index (κ2) is 9.52. The maximum absolute atomic E-state index is 13.6. The number of urea groups is 1. The van der Waals surface area contributed by atoms with Gasteiger partial charge in [-0.3, -0.25) is 14.3 Å². The van der Waals surface area contributed by atoms with Crippen LogP contribution in [0.15, 0.2) is 18.2 Å². The van der Waals surface area contributed by atoms with Crippen molar-refractivity contribution < 1.29 is 36.8 Å². The molecular weight excluding hydrogens is 486 g/mol. The summed E-state index contributed by atoms with van der Waals surface area (Å²) in [6.07, 6.45) is -4.36. The predicted octanol–water partition coefficient (Wildman–Crippen LogP) is 3.77. The van der Waals surface area contributed by atoms with E-state index in [2.05, 4.69) is 10.4 Å². The first-order chi connectivity index (χ1) is 16.8. The van der Waals surface area contributed by atoms with Gasteiger partial charge >= 0.3 is 12.2 Å². The molecule has 2 aliphatic rings. The van der Waals surface area contributed by atoms with Crippen LogP contribution in [0.3, 0.4) is 0 Å². The number of benzene rings is 1. The zero-order valence-corrected chi connectivity index (χ0v) is 19.9. The second-order valence-corrected chi connectivity index (χ2v) is 9.03. The van der Waals surface area contributed by atoms with Gasteiger partial charge in [-0.2, -0.15) is 18.3 Å². The third kappa shape index (κ3) is 5.06. The molecule has 194 valence electrons. The fourth-order valence-electron chi connectivity index (χ4n) is 4.41. The Labute approximate surface area is 203 Å². The minimum Gasteiger partial charge on any atom is -0.317 e. The molecule has 0 bridgehead atoms. The average molecular weight is 511 g/mol. The Kier molecular flexibility index (Phi) is 6.78. The number of amides is 3. The molecule has 0 fully saturated rings. The Balaban J connectivity index is 1.58. The van der Waals surface area contributed by atoms with Crippen LogP contribution in [0.5, 0.6) is 0 Å². The zero-order valence-electron chi connectivity index (χ0n) is 19.9. The van der Waals surface area contributed by atoms with E-state index in [9.17, 15) is 31.9 Å². The maximum Gasteiger partial charge on any atom is 0.419 e. The number of ketones is 1. The van der Waals surface area contributed by atoms with Crippen LogP contribution in [0.1, 0.15) is 54.0 Å². The lowest BCUT2D eigenvalue weighted by Gasteiger charge is -2.33. The molecule has 0 saturated carbocycles. The Bertz CT molecular complexity index is 1210. The van der Waals surface area contributed by atoms with Crippen LogP contribution in [0.4, 0.5) is 28.0 Å². The van der Waals surface area contributed by atoms with Gasteiger partial charge in [0.2, 0.25) is 0 Å². The van der Waals surface area contributed by atoms with E-state index in [1.807, 2.05) is 0 Å². The molecule has 3 heterocycles. The molecule has 13 heteroatoms. The molecule has 1 aromatic heterocycles. The second-order valence-electron chi connectivity index (χ2n) is 9.03. The molecule has 36 heavy (non-hydrogen) atoms. The standard InChI is InChI=1S/C23H25F4N5O4/c1-12-8-19-16(20-21(34)30(3)36-15(6-4-13(2)33)10-32(20)29-19)11-31(12)22(35)28-14-5-7-18(24)17(9-14)23(25,26)27/h5,7,9,12,15H,4,6,8,10-11H2,1-3H3,(H,28,35)/t12-,15+/m1/s1. The number of halogens is 4. The molecule has 0 unspecified atom stereocenters. The molecule has 4 rings (SSSR count). The highest BCUT2D eigenvalue weighted by atomic mass is 19.4.